The first kappa shape index (κ1) is 12.6. The normalized spacial score (nSPS) is 10.5. The van der Waals surface area contributed by atoms with Crippen LogP contribution in [0, 0.1) is 0 Å². The van der Waals surface area contributed by atoms with Gasteiger partial charge in [-0.1, -0.05) is 12.1 Å². The van der Waals surface area contributed by atoms with E-state index >= 15 is 0 Å². The van der Waals surface area contributed by atoms with Gasteiger partial charge in [-0.05, 0) is 44.4 Å². The lowest BCUT2D eigenvalue weighted by Gasteiger charge is -2.11. The van der Waals surface area contributed by atoms with E-state index in [1.165, 1.54) is 5.56 Å². The molecule has 2 nitrogen and oxygen atoms in total. The molecule has 2 rings (SSSR count). The topological polar surface area (TPSA) is 35.2 Å². The molecule has 0 fully saturated rings. The molecule has 0 unspecified atom stereocenters. The molecule has 0 radical (unpaired) electrons. The van der Waals surface area contributed by atoms with Gasteiger partial charge < -0.3 is 10.5 Å². The number of rotatable bonds is 5. The number of ether oxygens (including phenoxy) is 1. The van der Waals surface area contributed by atoms with E-state index in [0.29, 0.717) is 13.2 Å². The van der Waals surface area contributed by atoms with Crippen LogP contribution in [-0.4, -0.2) is 6.61 Å². The van der Waals surface area contributed by atoms with Crippen LogP contribution in [0.4, 0.5) is 0 Å². The van der Waals surface area contributed by atoms with E-state index in [2.05, 4.69) is 32.8 Å². The van der Waals surface area contributed by atoms with Crippen LogP contribution in [0.15, 0.2) is 39.5 Å². The molecule has 2 N–H and O–H groups in total. The molecule has 1 aromatic heterocycles. The van der Waals surface area contributed by atoms with E-state index in [1.807, 2.05) is 18.2 Å². The first-order valence-corrected chi connectivity index (χ1v) is 7.16. The summed E-state index contributed by atoms with van der Waals surface area (Å²) in [7, 11) is 0. The molecule has 0 aliphatic rings. The molecule has 0 atom stereocenters. The third kappa shape index (κ3) is 3.31. The van der Waals surface area contributed by atoms with Crippen molar-refractivity contribution in [3.05, 3.63) is 50.6 Å². The summed E-state index contributed by atoms with van der Waals surface area (Å²) in [6, 6.07) is 8.06. The van der Waals surface area contributed by atoms with Crippen LogP contribution >= 0.6 is 27.3 Å². The van der Waals surface area contributed by atoms with Gasteiger partial charge in [-0.2, -0.15) is 11.3 Å². The predicted octanol–water partition coefficient (Wildman–Crippen LogP) is 3.59. The second-order valence-electron chi connectivity index (χ2n) is 3.66. The van der Waals surface area contributed by atoms with Gasteiger partial charge in [0, 0.05) is 18.5 Å². The second-order valence-corrected chi connectivity index (χ2v) is 5.30. The van der Waals surface area contributed by atoms with Crippen molar-refractivity contribution in [1.82, 2.24) is 0 Å². The summed E-state index contributed by atoms with van der Waals surface area (Å²) in [5.41, 5.74) is 8.03. The van der Waals surface area contributed by atoms with Gasteiger partial charge in [-0.25, -0.2) is 0 Å². The van der Waals surface area contributed by atoms with Gasteiger partial charge >= 0.3 is 0 Å². The summed E-state index contributed by atoms with van der Waals surface area (Å²) in [4.78, 5) is 0. The van der Waals surface area contributed by atoms with Gasteiger partial charge in [0.15, 0.2) is 0 Å². The minimum atomic E-state index is 0.493. The largest absolute Gasteiger partial charge is 0.492 e. The van der Waals surface area contributed by atoms with Gasteiger partial charge in [-0.3, -0.25) is 0 Å². The van der Waals surface area contributed by atoms with E-state index in [0.717, 1.165) is 22.2 Å². The zero-order chi connectivity index (χ0) is 12.1. The maximum absolute atomic E-state index is 5.81. The molecule has 1 heterocycles. The highest BCUT2D eigenvalue weighted by Gasteiger charge is 2.06. The van der Waals surface area contributed by atoms with E-state index in [-0.39, 0.29) is 0 Å². The van der Waals surface area contributed by atoms with Crippen molar-refractivity contribution >= 4 is 27.3 Å². The average molecular weight is 312 g/mol. The van der Waals surface area contributed by atoms with Gasteiger partial charge in [0.2, 0.25) is 0 Å². The second kappa shape index (κ2) is 6.19. The Bertz CT molecular complexity index is 470. The van der Waals surface area contributed by atoms with Crippen molar-refractivity contribution in [1.29, 1.82) is 0 Å². The lowest BCUT2D eigenvalue weighted by Crippen LogP contribution is -2.06. The molecule has 0 spiro atoms. The lowest BCUT2D eigenvalue weighted by atomic mass is 10.2. The number of para-hydroxylation sites is 1. The van der Waals surface area contributed by atoms with Gasteiger partial charge in [0.1, 0.15) is 5.75 Å². The number of hydrogen-bond acceptors (Lipinski definition) is 3. The highest BCUT2D eigenvalue weighted by molar-refractivity contribution is 9.10. The minimum absolute atomic E-state index is 0.493. The zero-order valence-corrected chi connectivity index (χ0v) is 11.8. The molecule has 0 bridgehead atoms. The van der Waals surface area contributed by atoms with E-state index < -0.39 is 0 Å². The third-order valence-corrected chi connectivity index (χ3v) is 3.84. The van der Waals surface area contributed by atoms with Gasteiger partial charge in [0.25, 0.3) is 0 Å². The summed E-state index contributed by atoms with van der Waals surface area (Å²) >= 11 is 5.20. The van der Waals surface area contributed by atoms with Crippen LogP contribution in [0.2, 0.25) is 0 Å². The highest BCUT2D eigenvalue weighted by atomic mass is 79.9. The SMILES string of the molecule is NCc1cccc(Br)c1OCCc1ccsc1. The van der Waals surface area contributed by atoms with Crippen molar-refractivity contribution in [3.63, 3.8) is 0 Å². The number of benzene rings is 1. The first-order chi connectivity index (χ1) is 8.31. The molecule has 1 aromatic carbocycles. The molecule has 0 aliphatic heterocycles. The summed E-state index contributed by atoms with van der Waals surface area (Å²) in [5.74, 6) is 0.866. The van der Waals surface area contributed by atoms with Crippen LogP contribution in [0.3, 0.4) is 0 Å². The summed E-state index contributed by atoms with van der Waals surface area (Å²) in [6.07, 6.45) is 0.925. The van der Waals surface area contributed by atoms with E-state index in [9.17, 15) is 0 Å². The average Bonchev–Trinajstić information content (AvgIpc) is 2.84. The van der Waals surface area contributed by atoms with Gasteiger partial charge in [-0.15, -0.1) is 0 Å². The van der Waals surface area contributed by atoms with Crippen molar-refractivity contribution in [2.45, 2.75) is 13.0 Å². The molecule has 0 aliphatic carbocycles. The van der Waals surface area contributed by atoms with Crippen LogP contribution in [0.25, 0.3) is 0 Å². The number of hydrogen-bond donors (Lipinski definition) is 1. The minimum Gasteiger partial charge on any atom is -0.492 e. The van der Waals surface area contributed by atoms with Crippen LogP contribution in [0.5, 0.6) is 5.75 Å². The Morgan fingerprint density at radius 1 is 1.29 bits per heavy atom. The lowest BCUT2D eigenvalue weighted by molar-refractivity contribution is 0.317. The summed E-state index contributed by atoms with van der Waals surface area (Å²) < 4.78 is 6.77. The quantitative estimate of drug-likeness (QED) is 0.916. The Morgan fingerprint density at radius 3 is 2.88 bits per heavy atom. The summed E-state index contributed by atoms with van der Waals surface area (Å²) in [6.45, 7) is 1.17. The summed E-state index contributed by atoms with van der Waals surface area (Å²) in [5, 5.41) is 4.23. The monoisotopic (exact) mass is 311 g/mol. The molecule has 17 heavy (non-hydrogen) atoms. The van der Waals surface area contributed by atoms with E-state index in [4.69, 9.17) is 10.5 Å². The molecule has 4 heteroatoms. The van der Waals surface area contributed by atoms with Crippen LogP contribution < -0.4 is 10.5 Å². The Labute approximate surface area is 114 Å². The third-order valence-electron chi connectivity index (χ3n) is 2.49. The zero-order valence-electron chi connectivity index (χ0n) is 9.36. The highest BCUT2D eigenvalue weighted by Crippen LogP contribution is 2.28. The van der Waals surface area contributed by atoms with Crippen molar-refractivity contribution in [3.8, 4) is 5.75 Å². The fourth-order valence-electron chi connectivity index (χ4n) is 1.58. The molecule has 0 saturated heterocycles. The first-order valence-electron chi connectivity index (χ1n) is 5.42. The van der Waals surface area contributed by atoms with Crippen LogP contribution in [0.1, 0.15) is 11.1 Å². The standard InChI is InChI=1S/C13H14BrNOS/c14-12-3-1-2-11(8-15)13(12)16-6-4-10-5-7-17-9-10/h1-3,5,7,9H,4,6,8,15H2. The molecule has 0 saturated carbocycles. The fourth-order valence-corrected chi connectivity index (χ4v) is 2.81. The Hall–Kier alpha value is -0.840. The Balaban J connectivity index is 1.98. The smallest absolute Gasteiger partial charge is 0.137 e. The molecular weight excluding hydrogens is 298 g/mol. The van der Waals surface area contributed by atoms with Gasteiger partial charge in [0.05, 0.1) is 11.1 Å². The maximum Gasteiger partial charge on any atom is 0.137 e. The number of thiophene rings is 1. The molecule has 90 valence electrons. The molecule has 2 aromatic rings. The molecule has 0 amide bonds. The van der Waals surface area contributed by atoms with Crippen molar-refractivity contribution in [2.24, 2.45) is 5.73 Å². The van der Waals surface area contributed by atoms with Crippen LogP contribution in [-0.2, 0) is 13.0 Å². The van der Waals surface area contributed by atoms with Crippen molar-refractivity contribution < 1.29 is 4.74 Å². The maximum atomic E-state index is 5.81. The number of halogens is 1. The van der Waals surface area contributed by atoms with E-state index in [1.54, 1.807) is 11.3 Å². The fraction of sp³-hybridized carbons (Fsp3) is 0.231. The molecular formula is C13H14BrNOS. The number of nitrogens with two attached hydrogens (primary N) is 1. The Morgan fingerprint density at radius 2 is 2.18 bits per heavy atom. The predicted molar refractivity (Wildman–Crippen MR) is 75.6 cm³/mol. The van der Waals surface area contributed by atoms with Crippen molar-refractivity contribution in [2.75, 3.05) is 6.61 Å². The Kier molecular flexibility index (Phi) is 4.59.